The first-order valence-electron chi connectivity index (χ1n) is 13.1. The van der Waals surface area contributed by atoms with Crippen LogP contribution >= 0.6 is 0 Å². The van der Waals surface area contributed by atoms with Crippen LogP contribution in [0.25, 0.3) is 0 Å². The molecule has 214 valence electrons. The molecule has 0 bridgehead atoms. The van der Waals surface area contributed by atoms with Crippen molar-refractivity contribution in [1.82, 2.24) is 20.4 Å². The summed E-state index contributed by atoms with van der Waals surface area (Å²) in [6, 6.07) is 7.97. The molecule has 0 heterocycles. The van der Waals surface area contributed by atoms with Crippen LogP contribution in [-0.2, 0) is 29.3 Å². The number of hydrogen-bond acceptors (Lipinski definition) is 6. The molecule has 0 aromatic heterocycles. The maximum absolute atomic E-state index is 13.9. The summed E-state index contributed by atoms with van der Waals surface area (Å²) in [5.41, 5.74) is -0.141. The molecule has 3 unspecified atom stereocenters. The lowest BCUT2D eigenvalue weighted by atomic mass is 9.76. The molecule has 1 rings (SSSR count). The van der Waals surface area contributed by atoms with E-state index in [1.54, 1.807) is 19.0 Å². The Kier molecular flexibility index (Phi) is 12.0. The summed E-state index contributed by atoms with van der Waals surface area (Å²) in [5.74, 6) is -1.39. The average Bonchev–Trinajstić information content (AvgIpc) is 2.83. The highest BCUT2D eigenvalue weighted by atomic mass is 16.5. The Balaban J connectivity index is 3.27. The van der Waals surface area contributed by atoms with E-state index in [-0.39, 0.29) is 36.7 Å². The lowest BCUT2D eigenvalue weighted by Gasteiger charge is -2.41. The zero-order valence-corrected chi connectivity index (χ0v) is 25.0. The van der Waals surface area contributed by atoms with E-state index in [2.05, 4.69) is 10.6 Å². The summed E-state index contributed by atoms with van der Waals surface area (Å²) in [6.07, 6.45) is 0. The quantitative estimate of drug-likeness (QED) is 0.401. The van der Waals surface area contributed by atoms with Crippen molar-refractivity contribution in [2.75, 3.05) is 34.3 Å². The van der Waals surface area contributed by atoms with Crippen LogP contribution in [0.1, 0.15) is 61.0 Å². The number of rotatable bonds is 12. The highest BCUT2D eigenvalue weighted by molar-refractivity contribution is 5.91. The van der Waals surface area contributed by atoms with Crippen molar-refractivity contribution in [2.24, 2.45) is 11.3 Å². The van der Waals surface area contributed by atoms with Gasteiger partial charge in [0, 0.05) is 25.9 Å². The molecule has 0 aliphatic carbocycles. The molecule has 2 N–H and O–H groups in total. The minimum absolute atomic E-state index is 0.0261. The van der Waals surface area contributed by atoms with Crippen LogP contribution in [0.4, 0.5) is 0 Å². The molecule has 1 aromatic carbocycles. The predicted octanol–water partition coefficient (Wildman–Crippen LogP) is 2.59. The number of hydrogen-bond donors (Lipinski definition) is 2. The van der Waals surface area contributed by atoms with Gasteiger partial charge < -0.3 is 25.2 Å². The van der Waals surface area contributed by atoms with Gasteiger partial charge in [-0.05, 0) is 23.9 Å². The molecule has 0 aliphatic rings. The Morgan fingerprint density at radius 3 is 1.95 bits per heavy atom. The minimum Gasteiger partial charge on any atom is -0.468 e. The number of benzene rings is 1. The van der Waals surface area contributed by atoms with Gasteiger partial charge in [0.25, 0.3) is 0 Å². The SMILES string of the molecule is CNC(C(=O)NC(C(=O)N(C)C(CN(CC(=O)OC)C(C)=O)C(C)C)C(C)(C)C)C(C)(C)c1ccccc1. The third kappa shape index (κ3) is 8.55. The summed E-state index contributed by atoms with van der Waals surface area (Å²) in [6.45, 7) is 15.0. The molecule has 0 fully saturated rings. The monoisotopic (exact) mass is 532 g/mol. The van der Waals surface area contributed by atoms with Crippen LogP contribution in [0.2, 0.25) is 0 Å². The Labute approximate surface area is 228 Å². The normalized spacial score (nSPS) is 14.3. The van der Waals surface area contributed by atoms with Crippen LogP contribution in [-0.4, -0.2) is 85.9 Å². The smallest absolute Gasteiger partial charge is 0.325 e. The summed E-state index contributed by atoms with van der Waals surface area (Å²) >= 11 is 0. The van der Waals surface area contributed by atoms with Crippen LogP contribution < -0.4 is 10.6 Å². The molecule has 9 heteroatoms. The Hall–Kier alpha value is -2.94. The first-order chi connectivity index (χ1) is 17.5. The van der Waals surface area contributed by atoms with Gasteiger partial charge in [0.05, 0.1) is 19.2 Å². The van der Waals surface area contributed by atoms with Crippen molar-refractivity contribution >= 4 is 23.7 Å². The number of nitrogens with zero attached hydrogens (tertiary/aromatic N) is 2. The van der Waals surface area contributed by atoms with E-state index in [1.807, 2.05) is 78.8 Å². The predicted molar refractivity (Wildman–Crippen MR) is 149 cm³/mol. The highest BCUT2D eigenvalue weighted by Crippen LogP contribution is 2.29. The van der Waals surface area contributed by atoms with Gasteiger partial charge in [-0.15, -0.1) is 0 Å². The fourth-order valence-corrected chi connectivity index (χ4v) is 4.63. The molecule has 0 radical (unpaired) electrons. The van der Waals surface area contributed by atoms with Gasteiger partial charge in [0.2, 0.25) is 17.7 Å². The van der Waals surface area contributed by atoms with Gasteiger partial charge in [-0.2, -0.15) is 0 Å². The maximum atomic E-state index is 13.9. The summed E-state index contributed by atoms with van der Waals surface area (Å²) in [7, 11) is 4.68. The Morgan fingerprint density at radius 1 is 0.974 bits per heavy atom. The fraction of sp³-hybridized carbons (Fsp3) is 0.655. The third-order valence-corrected chi connectivity index (χ3v) is 7.20. The second-order valence-corrected chi connectivity index (χ2v) is 11.9. The van der Waals surface area contributed by atoms with E-state index in [0.717, 1.165) is 5.56 Å². The van der Waals surface area contributed by atoms with E-state index in [4.69, 9.17) is 4.74 Å². The molecule has 3 amide bonds. The molecule has 0 saturated carbocycles. The minimum atomic E-state index is -0.824. The molecule has 0 aliphatic heterocycles. The standard InChI is InChI=1S/C29H48N4O5/c1-19(2)22(17-33(20(3)34)18-23(35)38-11)32(10)27(37)25(28(4,5)6)31-26(36)24(30-9)29(7,8)21-15-13-12-14-16-21/h12-16,19,22,24-25,30H,17-18H2,1-11H3,(H,31,36). The van der Waals surface area contributed by atoms with Gasteiger partial charge in [0.1, 0.15) is 12.6 Å². The van der Waals surface area contributed by atoms with Gasteiger partial charge >= 0.3 is 5.97 Å². The van der Waals surface area contributed by atoms with Crippen LogP contribution in [0.3, 0.4) is 0 Å². The lowest BCUT2D eigenvalue weighted by molar-refractivity contribution is -0.148. The average molecular weight is 533 g/mol. The fourth-order valence-electron chi connectivity index (χ4n) is 4.63. The van der Waals surface area contributed by atoms with Gasteiger partial charge in [-0.3, -0.25) is 19.2 Å². The number of amides is 3. The van der Waals surface area contributed by atoms with E-state index in [9.17, 15) is 19.2 Å². The maximum Gasteiger partial charge on any atom is 0.325 e. The molecule has 1 aromatic rings. The highest BCUT2D eigenvalue weighted by Gasteiger charge is 2.42. The van der Waals surface area contributed by atoms with Crippen molar-refractivity contribution < 1.29 is 23.9 Å². The largest absolute Gasteiger partial charge is 0.468 e. The Bertz CT molecular complexity index is 955. The molecular weight excluding hydrogens is 484 g/mol. The van der Waals surface area contributed by atoms with Crippen molar-refractivity contribution in [2.45, 2.75) is 78.9 Å². The van der Waals surface area contributed by atoms with E-state index < -0.39 is 34.9 Å². The number of esters is 1. The summed E-state index contributed by atoms with van der Waals surface area (Å²) in [5, 5.41) is 6.17. The topological polar surface area (TPSA) is 108 Å². The van der Waals surface area contributed by atoms with Gasteiger partial charge in [-0.1, -0.05) is 78.8 Å². The number of likely N-dealkylation sites (N-methyl/N-ethyl adjacent to an activating group) is 2. The number of nitrogens with one attached hydrogen (secondary N) is 2. The number of ether oxygens (including phenoxy) is 1. The second kappa shape index (κ2) is 13.7. The molecule has 3 atom stereocenters. The second-order valence-electron chi connectivity index (χ2n) is 11.9. The third-order valence-electron chi connectivity index (χ3n) is 7.20. The zero-order chi connectivity index (χ0) is 29.4. The van der Waals surface area contributed by atoms with Crippen LogP contribution in [0.15, 0.2) is 30.3 Å². The van der Waals surface area contributed by atoms with Crippen molar-refractivity contribution in [3.8, 4) is 0 Å². The summed E-state index contributed by atoms with van der Waals surface area (Å²) in [4.78, 5) is 54.7. The van der Waals surface area contributed by atoms with Crippen LogP contribution in [0, 0.1) is 11.3 Å². The van der Waals surface area contributed by atoms with Gasteiger partial charge in [-0.25, -0.2) is 0 Å². The summed E-state index contributed by atoms with van der Waals surface area (Å²) < 4.78 is 4.73. The molecule has 38 heavy (non-hydrogen) atoms. The van der Waals surface area contributed by atoms with Crippen molar-refractivity contribution in [3.05, 3.63) is 35.9 Å². The molecule has 0 spiro atoms. The zero-order valence-electron chi connectivity index (χ0n) is 25.0. The van der Waals surface area contributed by atoms with E-state index in [0.29, 0.717) is 0 Å². The number of carbonyl (C=O) groups excluding carboxylic acids is 4. The number of methoxy groups -OCH3 is 1. The van der Waals surface area contributed by atoms with E-state index in [1.165, 1.54) is 18.9 Å². The Morgan fingerprint density at radius 2 is 1.53 bits per heavy atom. The lowest BCUT2D eigenvalue weighted by Crippen LogP contribution is -2.62. The molecule has 0 saturated heterocycles. The van der Waals surface area contributed by atoms with E-state index >= 15 is 0 Å². The first-order valence-corrected chi connectivity index (χ1v) is 13.1. The number of carbonyl (C=O) groups is 4. The van der Waals surface area contributed by atoms with Crippen molar-refractivity contribution in [1.29, 1.82) is 0 Å². The van der Waals surface area contributed by atoms with Crippen molar-refractivity contribution in [3.63, 3.8) is 0 Å². The van der Waals surface area contributed by atoms with Crippen LogP contribution in [0.5, 0.6) is 0 Å². The van der Waals surface area contributed by atoms with Gasteiger partial charge in [0.15, 0.2) is 0 Å². The molecule has 9 nitrogen and oxygen atoms in total. The molecular formula is C29H48N4O5. The first kappa shape index (κ1) is 33.1.